The Balaban J connectivity index is 0.000000321. The molecular weight excluding hydrogens is 371 g/mol. The molecule has 152 valence electrons. The topological polar surface area (TPSA) is 105 Å². The highest BCUT2D eigenvalue weighted by molar-refractivity contribution is 5.79. The second kappa shape index (κ2) is 8.26. The minimum atomic E-state index is -5.08. The van der Waals surface area contributed by atoms with Crippen LogP contribution < -0.4 is 5.32 Å². The Kier molecular flexibility index (Phi) is 6.47. The van der Waals surface area contributed by atoms with E-state index in [2.05, 4.69) is 15.4 Å². The number of nitrogens with one attached hydrogen (secondary N) is 1. The number of carbonyl (C=O) groups excluding carboxylic acids is 1. The second-order valence-corrected chi connectivity index (χ2v) is 6.55. The van der Waals surface area contributed by atoms with E-state index in [0.29, 0.717) is 0 Å². The summed E-state index contributed by atoms with van der Waals surface area (Å²) in [6.07, 6.45) is -4.09. The summed E-state index contributed by atoms with van der Waals surface area (Å²) in [6, 6.07) is 0. The van der Waals surface area contributed by atoms with Crippen molar-refractivity contribution in [1.82, 2.24) is 15.4 Å². The van der Waals surface area contributed by atoms with Gasteiger partial charge in [0.05, 0.1) is 23.8 Å². The Morgan fingerprint density at radius 1 is 1.33 bits per heavy atom. The van der Waals surface area contributed by atoms with E-state index in [1.54, 1.807) is 7.05 Å². The van der Waals surface area contributed by atoms with Gasteiger partial charge in [-0.2, -0.15) is 13.2 Å². The maximum atomic E-state index is 11.9. The Bertz CT molecular complexity index is 672. The van der Waals surface area contributed by atoms with Crippen molar-refractivity contribution in [3.63, 3.8) is 0 Å². The van der Waals surface area contributed by atoms with Crippen molar-refractivity contribution in [2.75, 3.05) is 20.1 Å². The number of likely N-dealkylation sites (tertiary alicyclic amines) is 1. The molecule has 27 heavy (non-hydrogen) atoms. The molecule has 2 saturated heterocycles. The number of amides is 1. The monoisotopic (exact) mass is 393 g/mol. The molecule has 2 aliphatic rings. The van der Waals surface area contributed by atoms with Gasteiger partial charge in [0, 0.05) is 32.2 Å². The van der Waals surface area contributed by atoms with Crippen LogP contribution in [0.1, 0.15) is 23.4 Å². The van der Waals surface area contributed by atoms with Crippen molar-refractivity contribution < 1.29 is 37.1 Å². The van der Waals surface area contributed by atoms with Crippen molar-refractivity contribution in [1.29, 1.82) is 0 Å². The Labute approximate surface area is 153 Å². The molecule has 1 amide bonds. The summed E-state index contributed by atoms with van der Waals surface area (Å²) in [4.78, 5) is 23.1. The minimum Gasteiger partial charge on any atom is -0.475 e. The van der Waals surface area contributed by atoms with Crippen LogP contribution in [0.3, 0.4) is 0 Å². The number of hydrogen-bond acceptors (Lipinski definition) is 6. The summed E-state index contributed by atoms with van der Waals surface area (Å²) in [6.45, 7) is 6.39. The van der Waals surface area contributed by atoms with Crippen molar-refractivity contribution in [2.45, 2.75) is 45.2 Å². The average molecular weight is 393 g/mol. The van der Waals surface area contributed by atoms with Crippen LogP contribution in [0, 0.1) is 19.8 Å². The van der Waals surface area contributed by atoms with Crippen LogP contribution in [0.4, 0.5) is 13.2 Å². The molecule has 2 bridgehead atoms. The lowest BCUT2D eigenvalue weighted by Crippen LogP contribution is -2.44. The van der Waals surface area contributed by atoms with Gasteiger partial charge in [-0.25, -0.2) is 4.79 Å². The number of alkyl halides is 3. The van der Waals surface area contributed by atoms with Gasteiger partial charge in [-0.3, -0.25) is 9.69 Å². The predicted molar refractivity (Wildman–Crippen MR) is 85.8 cm³/mol. The predicted octanol–water partition coefficient (Wildman–Crippen LogP) is 1.26. The number of halogens is 3. The third-order valence-corrected chi connectivity index (χ3v) is 4.62. The summed E-state index contributed by atoms with van der Waals surface area (Å²) in [7, 11) is 1.69. The van der Waals surface area contributed by atoms with Gasteiger partial charge in [-0.05, 0) is 20.3 Å². The molecule has 1 aromatic heterocycles. The first-order valence-corrected chi connectivity index (χ1v) is 8.34. The first-order valence-electron chi connectivity index (χ1n) is 8.34. The third kappa shape index (κ3) is 5.19. The number of carboxylic acid groups (broad SMARTS) is 1. The highest BCUT2D eigenvalue weighted by atomic mass is 19.4. The van der Waals surface area contributed by atoms with Crippen molar-refractivity contribution in [2.24, 2.45) is 5.92 Å². The summed E-state index contributed by atoms with van der Waals surface area (Å²) in [5.41, 5.74) is 2.10. The zero-order valence-electron chi connectivity index (χ0n) is 15.2. The average Bonchev–Trinajstić information content (AvgIpc) is 3.06. The first-order chi connectivity index (χ1) is 12.5. The molecule has 0 radical (unpaired) electrons. The van der Waals surface area contributed by atoms with E-state index >= 15 is 0 Å². The lowest BCUT2D eigenvalue weighted by atomic mass is 10.00. The minimum absolute atomic E-state index is 0.00849. The number of ether oxygens (including phenoxy) is 1. The van der Waals surface area contributed by atoms with E-state index in [0.717, 1.165) is 43.1 Å². The summed E-state index contributed by atoms with van der Waals surface area (Å²) < 4.78 is 42.8. The highest BCUT2D eigenvalue weighted by Crippen LogP contribution is 2.33. The molecule has 0 spiro atoms. The van der Waals surface area contributed by atoms with Gasteiger partial charge >= 0.3 is 12.1 Å². The number of hydrogen-bond donors (Lipinski definition) is 2. The molecule has 0 aliphatic carbocycles. The Morgan fingerprint density at radius 2 is 1.96 bits per heavy atom. The van der Waals surface area contributed by atoms with E-state index in [-0.39, 0.29) is 24.0 Å². The molecular formula is C16H22F3N3O5. The lowest BCUT2D eigenvalue weighted by Gasteiger charge is -2.32. The molecule has 3 rings (SSSR count). The van der Waals surface area contributed by atoms with Crippen LogP contribution in [0.15, 0.2) is 4.52 Å². The number of morpholine rings is 1. The standard InChI is InChI=1S/C14H21N3O3.C2HF3O2/c1-8-12(9(2)20-16-8)6-17-5-10-4-11(14(18)15-3)13(7-17)19-10;3-2(4,5)1(6)7/h10-11,13H,4-7H2,1-3H3,(H,15,18);(H,6,7). The van der Waals surface area contributed by atoms with Gasteiger partial charge in [-0.15, -0.1) is 0 Å². The summed E-state index contributed by atoms with van der Waals surface area (Å²) >= 11 is 0. The molecule has 0 saturated carbocycles. The van der Waals surface area contributed by atoms with E-state index in [1.807, 2.05) is 13.8 Å². The molecule has 3 heterocycles. The Morgan fingerprint density at radius 3 is 2.44 bits per heavy atom. The maximum Gasteiger partial charge on any atom is 0.490 e. The van der Waals surface area contributed by atoms with Gasteiger partial charge in [0.2, 0.25) is 5.91 Å². The third-order valence-electron chi connectivity index (χ3n) is 4.62. The molecule has 3 unspecified atom stereocenters. The summed E-state index contributed by atoms with van der Waals surface area (Å²) in [5, 5.41) is 13.9. The molecule has 1 aromatic rings. The van der Waals surface area contributed by atoms with Crippen LogP contribution in [0.25, 0.3) is 0 Å². The number of rotatable bonds is 3. The fourth-order valence-corrected chi connectivity index (χ4v) is 3.28. The van der Waals surface area contributed by atoms with Gasteiger partial charge in [0.25, 0.3) is 0 Å². The second-order valence-electron chi connectivity index (χ2n) is 6.55. The molecule has 2 aliphatic heterocycles. The van der Waals surface area contributed by atoms with Crippen LogP contribution >= 0.6 is 0 Å². The molecule has 3 atom stereocenters. The number of aliphatic carboxylic acids is 1. The summed E-state index contributed by atoms with van der Waals surface area (Å²) in [5.74, 6) is -1.80. The molecule has 8 nitrogen and oxygen atoms in total. The molecule has 11 heteroatoms. The lowest BCUT2D eigenvalue weighted by molar-refractivity contribution is -0.192. The molecule has 2 fully saturated rings. The first kappa shape index (κ1) is 21.2. The van der Waals surface area contributed by atoms with E-state index < -0.39 is 12.1 Å². The van der Waals surface area contributed by atoms with E-state index in [4.69, 9.17) is 19.2 Å². The van der Waals surface area contributed by atoms with E-state index in [9.17, 15) is 18.0 Å². The van der Waals surface area contributed by atoms with Gasteiger partial charge < -0.3 is 19.7 Å². The van der Waals surface area contributed by atoms with E-state index in [1.165, 1.54) is 0 Å². The number of carbonyl (C=O) groups is 2. The normalized spacial score (nSPS) is 24.9. The highest BCUT2D eigenvalue weighted by Gasteiger charge is 2.44. The SMILES string of the molecule is CNC(=O)C1CC2CN(Cc3c(C)noc3C)CC1O2.O=C(O)C(F)(F)F. The Hall–Kier alpha value is -2.14. The molecule has 0 aromatic carbocycles. The van der Waals surface area contributed by atoms with Crippen molar-refractivity contribution >= 4 is 11.9 Å². The number of fused-ring (bicyclic) bond motifs is 2. The van der Waals surface area contributed by atoms with Crippen molar-refractivity contribution in [3.8, 4) is 0 Å². The fourth-order valence-electron chi connectivity index (χ4n) is 3.28. The van der Waals surface area contributed by atoms with Crippen LogP contribution in [-0.4, -0.2) is 65.6 Å². The smallest absolute Gasteiger partial charge is 0.475 e. The van der Waals surface area contributed by atoms with Gasteiger partial charge in [0.15, 0.2) is 0 Å². The van der Waals surface area contributed by atoms with Crippen molar-refractivity contribution in [3.05, 3.63) is 17.0 Å². The number of nitrogens with zero attached hydrogens (tertiary/aromatic N) is 2. The zero-order valence-corrected chi connectivity index (χ0v) is 15.2. The zero-order chi connectivity index (χ0) is 20.4. The van der Waals surface area contributed by atoms with Crippen LogP contribution in [0.2, 0.25) is 0 Å². The van der Waals surface area contributed by atoms with Crippen LogP contribution in [0.5, 0.6) is 0 Å². The number of aromatic nitrogens is 1. The fraction of sp³-hybridized carbons (Fsp3) is 0.688. The number of aryl methyl sites for hydroxylation is 2. The maximum absolute atomic E-state index is 11.9. The largest absolute Gasteiger partial charge is 0.490 e. The van der Waals surface area contributed by atoms with Crippen LogP contribution in [-0.2, 0) is 20.9 Å². The quantitative estimate of drug-likeness (QED) is 0.797. The molecule has 2 N–H and O–H groups in total. The number of carboxylic acids is 1. The van der Waals surface area contributed by atoms with Gasteiger partial charge in [-0.1, -0.05) is 5.16 Å². The van der Waals surface area contributed by atoms with Gasteiger partial charge in [0.1, 0.15) is 5.76 Å².